The number of nitrogen functional groups attached to an aromatic ring is 1. The van der Waals surface area contributed by atoms with E-state index in [0.717, 1.165) is 5.56 Å². The molecule has 0 saturated carbocycles. The van der Waals surface area contributed by atoms with Gasteiger partial charge in [-0.2, -0.15) is 0 Å². The zero-order chi connectivity index (χ0) is 15.0. The van der Waals surface area contributed by atoms with Crippen molar-refractivity contribution < 1.29 is 12.8 Å². The molecule has 0 unspecified atom stereocenters. The van der Waals surface area contributed by atoms with Gasteiger partial charge in [0.15, 0.2) is 0 Å². The molecule has 0 bridgehead atoms. The van der Waals surface area contributed by atoms with Crippen LogP contribution in [-0.4, -0.2) is 15.0 Å². The fourth-order valence-electron chi connectivity index (χ4n) is 2.42. The van der Waals surface area contributed by atoms with Gasteiger partial charge in [0.05, 0.1) is 10.6 Å². The summed E-state index contributed by atoms with van der Waals surface area (Å²) in [4.78, 5) is 0.151. The van der Waals surface area contributed by atoms with Crippen LogP contribution in [0.3, 0.4) is 0 Å². The third-order valence-electron chi connectivity index (χ3n) is 3.51. The molecule has 7 heteroatoms. The van der Waals surface area contributed by atoms with Crippen LogP contribution in [0.1, 0.15) is 5.56 Å². The second-order valence-electron chi connectivity index (χ2n) is 4.77. The van der Waals surface area contributed by atoms with Gasteiger partial charge in [-0.05, 0) is 48.4 Å². The van der Waals surface area contributed by atoms with Gasteiger partial charge in [-0.3, -0.25) is 10.1 Å². The van der Waals surface area contributed by atoms with E-state index in [1.165, 1.54) is 28.6 Å². The first-order chi connectivity index (χ1) is 10.0. The van der Waals surface area contributed by atoms with Gasteiger partial charge in [0.2, 0.25) is 0 Å². The minimum atomic E-state index is -3.70. The van der Waals surface area contributed by atoms with E-state index in [1.807, 2.05) is 0 Å². The first-order valence-electron chi connectivity index (χ1n) is 6.40. The Hall–Kier alpha value is -2.12. The van der Waals surface area contributed by atoms with Crippen LogP contribution in [-0.2, 0) is 16.4 Å². The van der Waals surface area contributed by atoms with E-state index in [1.54, 1.807) is 18.2 Å². The molecule has 0 atom stereocenters. The van der Waals surface area contributed by atoms with E-state index >= 15 is 0 Å². The van der Waals surface area contributed by atoms with Gasteiger partial charge in [0.1, 0.15) is 5.82 Å². The monoisotopic (exact) mass is 307 g/mol. The van der Waals surface area contributed by atoms with Crippen LogP contribution in [0.15, 0.2) is 47.4 Å². The molecule has 5 nitrogen and oxygen atoms in total. The Morgan fingerprint density at radius 2 is 1.86 bits per heavy atom. The largest absolute Gasteiger partial charge is 0.324 e. The summed E-state index contributed by atoms with van der Waals surface area (Å²) >= 11 is 0. The standard InChI is InChI=1S/C14H14FN3O2S/c15-11-2-1-10-7-8-18(14(10)9-11)21(19,20)13-5-3-12(17-16)4-6-13/h1-6,9,17H,7-8,16H2. The number of fused-ring (bicyclic) bond motifs is 1. The average molecular weight is 307 g/mol. The van der Waals surface area contributed by atoms with Gasteiger partial charge in [0.25, 0.3) is 10.0 Å². The molecule has 0 amide bonds. The minimum absolute atomic E-state index is 0.151. The molecule has 0 aliphatic carbocycles. The molecule has 110 valence electrons. The number of hydrogen-bond acceptors (Lipinski definition) is 4. The lowest BCUT2D eigenvalue weighted by Gasteiger charge is -2.19. The molecular weight excluding hydrogens is 293 g/mol. The Morgan fingerprint density at radius 1 is 1.14 bits per heavy atom. The average Bonchev–Trinajstić information content (AvgIpc) is 2.91. The molecule has 0 saturated heterocycles. The maximum atomic E-state index is 13.4. The number of nitrogens with one attached hydrogen (secondary N) is 1. The molecule has 0 fully saturated rings. The summed E-state index contributed by atoms with van der Waals surface area (Å²) in [6.45, 7) is 0.317. The van der Waals surface area contributed by atoms with Gasteiger partial charge in [0, 0.05) is 12.2 Å². The van der Waals surface area contributed by atoms with Crippen molar-refractivity contribution in [2.45, 2.75) is 11.3 Å². The van der Waals surface area contributed by atoms with Crippen molar-refractivity contribution in [1.82, 2.24) is 0 Å². The number of anilines is 2. The predicted octanol–water partition coefficient (Wildman–Crippen LogP) is 1.86. The molecule has 0 aromatic heterocycles. The fraction of sp³-hybridized carbons (Fsp3) is 0.143. The van der Waals surface area contributed by atoms with Gasteiger partial charge >= 0.3 is 0 Å². The SMILES string of the molecule is NNc1ccc(S(=O)(=O)N2CCc3ccc(F)cc32)cc1. The predicted molar refractivity (Wildman–Crippen MR) is 78.9 cm³/mol. The lowest BCUT2D eigenvalue weighted by molar-refractivity contribution is 0.592. The molecular formula is C14H14FN3O2S. The number of nitrogens with two attached hydrogens (primary N) is 1. The normalized spacial score (nSPS) is 14.1. The highest BCUT2D eigenvalue weighted by atomic mass is 32.2. The van der Waals surface area contributed by atoms with Crippen molar-refractivity contribution in [1.29, 1.82) is 0 Å². The Bertz CT molecular complexity index is 775. The minimum Gasteiger partial charge on any atom is -0.324 e. The summed E-state index contributed by atoms with van der Waals surface area (Å²) in [5, 5.41) is 0. The molecule has 2 aromatic carbocycles. The molecule has 21 heavy (non-hydrogen) atoms. The molecule has 0 radical (unpaired) electrons. The van der Waals surface area contributed by atoms with Crippen molar-refractivity contribution in [2.75, 3.05) is 16.3 Å². The summed E-state index contributed by atoms with van der Waals surface area (Å²) in [7, 11) is -3.70. The van der Waals surface area contributed by atoms with Crippen LogP contribution < -0.4 is 15.6 Å². The third kappa shape index (κ3) is 2.34. The second kappa shape index (κ2) is 5.01. The second-order valence-corrected chi connectivity index (χ2v) is 6.63. The number of hydrazine groups is 1. The summed E-state index contributed by atoms with van der Waals surface area (Å²) in [6, 6.07) is 10.3. The van der Waals surface area contributed by atoms with Gasteiger partial charge in [-0.1, -0.05) is 6.07 Å². The van der Waals surface area contributed by atoms with Crippen LogP contribution in [0.5, 0.6) is 0 Å². The lowest BCUT2D eigenvalue weighted by atomic mass is 10.2. The number of nitrogens with zero attached hydrogens (tertiary/aromatic N) is 1. The summed E-state index contributed by atoms with van der Waals surface area (Å²) in [5.41, 5.74) is 4.30. The summed E-state index contributed by atoms with van der Waals surface area (Å²) in [5.74, 6) is 4.81. The topological polar surface area (TPSA) is 75.4 Å². The molecule has 3 N–H and O–H groups in total. The molecule has 1 heterocycles. The lowest BCUT2D eigenvalue weighted by Crippen LogP contribution is -2.29. The third-order valence-corrected chi connectivity index (χ3v) is 5.34. The van der Waals surface area contributed by atoms with Crippen molar-refractivity contribution in [3.63, 3.8) is 0 Å². The van der Waals surface area contributed by atoms with Gasteiger partial charge < -0.3 is 5.43 Å². The van der Waals surface area contributed by atoms with Crippen molar-refractivity contribution in [3.8, 4) is 0 Å². The van der Waals surface area contributed by atoms with Crippen molar-refractivity contribution in [3.05, 3.63) is 53.8 Å². The number of benzene rings is 2. The molecule has 3 rings (SSSR count). The highest BCUT2D eigenvalue weighted by molar-refractivity contribution is 7.92. The smallest absolute Gasteiger partial charge is 0.264 e. The maximum Gasteiger partial charge on any atom is 0.264 e. The number of halogens is 1. The maximum absolute atomic E-state index is 13.4. The van der Waals surface area contributed by atoms with Crippen LogP contribution in [0.4, 0.5) is 15.8 Å². The van der Waals surface area contributed by atoms with Crippen molar-refractivity contribution in [2.24, 2.45) is 5.84 Å². The van der Waals surface area contributed by atoms with E-state index in [4.69, 9.17) is 5.84 Å². The van der Waals surface area contributed by atoms with Gasteiger partial charge in [-0.15, -0.1) is 0 Å². The zero-order valence-electron chi connectivity index (χ0n) is 11.1. The first kappa shape index (κ1) is 13.8. The Balaban J connectivity index is 2.02. The Morgan fingerprint density at radius 3 is 2.52 bits per heavy atom. The summed E-state index contributed by atoms with van der Waals surface area (Å²) in [6.07, 6.45) is 0.581. The number of sulfonamides is 1. The Labute approximate surface area is 122 Å². The first-order valence-corrected chi connectivity index (χ1v) is 7.84. The zero-order valence-corrected chi connectivity index (χ0v) is 11.9. The van der Waals surface area contributed by atoms with E-state index in [2.05, 4.69) is 5.43 Å². The molecule has 0 spiro atoms. The van der Waals surface area contributed by atoms with E-state index in [9.17, 15) is 12.8 Å². The van der Waals surface area contributed by atoms with Gasteiger partial charge in [-0.25, -0.2) is 12.8 Å². The van der Waals surface area contributed by atoms with E-state index < -0.39 is 15.8 Å². The molecule has 1 aliphatic heterocycles. The number of hydrogen-bond donors (Lipinski definition) is 2. The molecule has 2 aromatic rings. The molecule has 1 aliphatic rings. The van der Waals surface area contributed by atoms with Crippen LogP contribution >= 0.6 is 0 Å². The quantitative estimate of drug-likeness (QED) is 0.670. The number of rotatable bonds is 3. The van der Waals surface area contributed by atoms with E-state index in [0.29, 0.717) is 24.3 Å². The van der Waals surface area contributed by atoms with Crippen LogP contribution in [0.2, 0.25) is 0 Å². The highest BCUT2D eigenvalue weighted by Gasteiger charge is 2.31. The van der Waals surface area contributed by atoms with Crippen LogP contribution in [0, 0.1) is 5.82 Å². The summed E-state index contributed by atoms with van der Waals surface area (Å²) < 4.78 is 39.9. The van der Waals surface area contributed by atoms with Crippen LogP contribution in [0.25, 0.3) is 0 Å². The fourth-order valence-corrected chi connectivity index (χ4v) is 3.92. The van der Waals surface area contributed by atoms with Crippen molar-refractivity contribution >= 4 is 21.4 Å². The highest BCUT2D eigenvalue weighted by Crippen LogP contribution is 2.33. The van der Waals surface area contributed by atoms with E-state index in [-0.39, 0.29) is 4.90 Å². The Kier molecular flexibility index (Phi) is 3.30.